The third kappa shape index (κ3) is 2.24. The number of carbonyl (C=O) groups is 1. The highest BCUT2D eigenvalue weighted by molar-refractivity contribution is 6.32. The minimum Gasteiger partial charge on any atom is -0.478 e. The van der Waals surface area contributed by atoms with Crippen LogP contribution >= 0.6 is 11.6 Å². The van der Waals surface area contributed by atoms with Crippen LogP contribution in [0.1, 0.15) is 10.4 Å². The fourth-order valence-electron chi connectivity index (χ4n) is 1.33. The first-order valence-electron chi connectivity index (χ1n) is 4.61. The second kappa shape index (κ2) is 4.47. The Morgan fingerprint density at radius 2 is 2.00 bits per heavy atom. The van der Waals surface area contributed by atoms with Crippen LogP contribution in [0, 0.1) is 5.82 Å². The summed E-state index contributed by atoms with van der Waals surface area (Å²) in [6.07, 6.45) is 0. The number of aromatic carboxylic acids is 1. The maximum absolute atomic E-state index is 13.5. The van der Waals surface area contributed by atoms with E-state index in [0.717, 1.165) is 0 Å². The fourth-order valence-corrected chi connectivity index (χ4v) is 1.50. The fraction of sp³-hybridized carbons (Fsp3) is 0. The molecular formula is C11H6ClFN2O2. The largest absolute Gasteiger partial charge is 0.478 e. The quantitative estimate of drug-likeness (QED) is 0.892. The van der Waals surface area contributed by atoms with Gasteiger partial charge in [0, 0.05) is 5.56 Å². The van der Waals surface area contributed by atoms with Crippen LogP contribution in [0.25, 0.3) is 11.3 Å². The van der Waals surface area contributed by atoms with Crippen molar-refractivity contribution < 1.29 is 14.3 Å². The zero-order valence-electron chi connectivity index (χ0n) is 8.39. The molecule has 0 unspecified atom stereocenters. The van der Waals surface area contributed by atoms with E-state index in [2.05, 4.69) is 10.2 Å². The molecule has 4 nitrogen and oxygen atoms in total. The molecule has 0 aliphatic rings. The van der Waals surface area contributed by atoms with Crippen LogP contribution in [-0.4, -0.2) is 21.3 Å². The normalized spacial score (nSPS) is 10.2. The SMILES string of the molecule is O=C(O)c1cc(-c2ccccc2F)nnc1Cl. The number of aromatic nitrogens is 2. The van der Waals surface area contributed by atoms with Crippen LogP contribution in [0.15, 0.2) is 30.3 Å². The van der Waals surface area contributed by atoms with Gasteiger partial charge in [0.15, 0.2) is 5.15 Å². The van der Waals surface area contributed by atoms with E-state index in [-0.39, 0.29) is 22.0 Å². The molecule has 2 aromatic rings. The molecule has 17 heavy (non-hydrogen) atoms. The van der Waals surface area contributed by atoms with Crippen molar-refractivity contribution in [2.45, 2.75) is 0 Å². The van der Waals surface area contributed by atoms with Crippen molar-refractivity contribution >= 4 is 17.6 Å². The first-order valence-corrected chi connectivity index (χ1v) is 4.99. The molecule has 0 atom stereocenters. The first kappa shape index (κ1) is 11.5. The number of nitrogens with zero attached hydrogens (tertiary/aromatic N) is 2. The van der Waals surface area contributed by atoms with Gasteiger partial charge < -0.3 is 5.11 Å². The smallest absolute Gasteiger partial charge is 0.338 e. The number of carboxylic acids is 1. The van der Waals surface area contributed by atoms with E-state index in [1.807, 2.05) is 0 Å². The molecule has 0 radical (unpaired) electrons. The summed E-state index contributed by atoms with van der Waals surface area (Å²) in [5, 5.41) is 15.8. The van der Waals surface area contributed by atoms with Gasteiger partial charge in [0.2, 0.25) is 0 Å². The van der Waals surface area contributed by atoms with Gasteiger partial charge in [0.25, 0.3) is 0 Å². The van der Waals surface area contributed by atoms with Crippen molar-refractivity contribution in [1.29, 1.82) is 0 Å². The van der Waals surface area contributed by atoms with E-state index in [1.165, 1.54) is 24.3 Å². The van der Waals surface area contributed by atoms with E-state index >= 15 is 0 Å². The third-order valence-corrected chi connectivity index (χ3v) is 2.41. The van der Waals surface area contributed by atoms with Crippen molar-refractivity contribution in [3.05, 3.63) is 46.9 Å². The summed E-state index contributed by atoms with van der Waals surface area (Å²) in [6, 6.07) is 7.08. The molecule has 0 aliphatic carbocycles. The molecule has 0 amide bonds. The zero-order valence-corrected chi connectivity index (χ0v) is 9.15. The Labute approximate surface area is 101 Å². The summed E-state index contributed by atoms with van der Waals surface area (Å²) in [6.45, 7) is 0. The van der Waals surface area contributed by atoms with Crippen LogP contribution in [0.2, 0.25) is 5.15 Å². The molecule has 0 bridgehead atoms. The van der Waals surface area contributed by atoms with Gasteiger partial charge in [-0.1, -0.05) is 23.7 Å². The molecule has 0 aliphatic heterocycles. The van der Waals surface area contributed by atoms with E-state index < -0.39 is 11.8 Å². The Bertz CT molecular complexity index is 589. The number of hydrogen-bond acceptors (Lipinski definition) is 3. The molecule has 0 spiro atoms. The van der Waals surface area contributed by atoms with E-state index in [0.29, 0.717) is 0 Å². The Morgan fingerprint density at radius 3 is 2.65 bits per heavy atom. The molecule has 1 aromatic heterocycles. The number of halogens is 2. The summed E-state index contributed by atoms with van der Waals surface area (Å²) >= 11 is 5.57. The molecule has 86 valence electrons. The van der Waals surface area contributed by atoms with Crippen LogP contribution in [-0.2, 0) is 0 Å². The van der Waals surface area contributed by atoms with Crippen molar-refractivity contribution in [2.75, 3.05) is 0 Å². The summed E-state index contributed by atoms with van der Waals surface area (Å²) in [5.41, 5.74) is 0.101. The summed E-state index contributed by atoms with van der Waals surface area (Å²) < 4.78 is 13.5. The van der Waals surface area contributed by atoms with Crippen LogP contribution in [0.3, 0.4) is 0 Å². The Kier molecular flexibility index (Phi) is 3.01. The lowest BCUT2D eigenvalue weighted by Gasteiger charge is -2.03. The van der Waals surface area contributed by atoms with Crippen molar-refractivity contribution in [3.8, 4) is 11.3 Å². The van der Waals surface area contributed by atoms with E-state index in [9.17, 15) is 9.18 Å². The molecule has 0 saturated carbocycles. The van der Waals surface area contributed by atoms with Gasteiger partial charge in [-0.15, -0.1) is 10.2 Å². The molecule has 2 rings (SSSR count). The lowest BCUT2D eigenvalue weighted by atomic mass is 10.1. The Balaban J connectivity index is 2.58. The average molecular weight is 253 g/mol. The highest BCUT2D eigenvalue weighted by Gasteiger charge is 2.14. The Hall–Kier alpha value is -2.01. The molecule has 1 aromatic carbocycles. The second-order valence-corrected chi connectivity index (χ2v) is 3.58. The third-order valence-electron chi connectivity index (χ3n) is 2.13. The standard InChI is InChI=1S/C11H6ClFN2O2/c12-10-7(11(16)17)5-9(14-15-10)6-3-1-2-4-8(6)13/h1-5H,(H,16,17). The molecular weight excluding hydrogens is 247 g/mol. The maximum Gasteiger partial charge on any atom is 0.338 e. The van der Waals surface area contributed by atoms with Gasteiger partial charge >= 0.3 is 5.97 Å². The molecule has 0 fully saturated rings. The topological polar surface area (TPSA) is 63.1 Å². The molecule has 6 heteroatoms. The number of carboxylic acid groups (broad SMARTS) is 1. The summed E-state index contributed by atoms with van der Waals surface area (Å²) in [7, 11) is 0. The monoisotopic (exact) mass is 252 g/mol. The molecule has 0 saturated heterocycles. The number of hydrogen-bond donors (Lipinski definition) is 1. The summed E-state index contributed by atoms with van der Waals surface area (Å²) in [5.74, 6) is -1.73. The van der Waals surface area contributed by atoms with E-state index in [4.69, 9.17) is 16.7 Å². The van der Waals surface area contributed by atoms with Gasteiger partial charge in [-0.2, -0.15) is 0 Å². The first-order chi connectivity index (χ1) is 8.09. The average Bonchev–Trinajstić information content (AvgIpc) is 2.30. The molecule has 1 heterocycles. The maximum atomic E-state index is 13.5. The highest BCUT2D eigenvalue weighted by Crippen LogP contribution is 2.23. The van der Waals surface area contributed by atoms with Crippen molar-refractivity contribution in [2.24, 2.45) is 0 Å². The number of benzene rings is 1. The lowest BCUT2D eigenvalue weighted by Crippen LogP contribution is -2.02. The minimum absolute atomic E-state index is 0.130. The van der Waals surface area contributed by atoms with Crippen molar-refractivity contribution in [3.63, 3.8) is 0 Å². The predicted molar refractivity (Wildman–Crippen MR) is 59.4 cm³/mol. The minimum atomic E-state index is -1.23. The lowest BCUT2D eigenvalue weighted by molar-refractivity contribution is 0.0696. The van der Waals surface area contributed by atoms with Gasteiger partial charge in [0.1, 0.15) is 11.4 Å². The molecule has 1 N–H and O–H groups in total. The van der Waals surface area contributed by atoms with Crippen LogP contribution < -0.4 is 0 Å². The van der Waals surface area contributed by atoms with Crippen LogP contribution in [0.4, 0.5) is 4.39 Å². The Morgan fingerprint density at radius 1 is 1.29 bits per heavy atom. The van der Waals surface area contributed by atoms with Gasteiger partial charge in [-0.3, -0.25) is 0 Å². The zero-order chi connectivity index (χ0) is 12.4. The van der Waals surface area contributed by atoms with Crippen LogP contribution in [0.5, 0.6) is 0 Å². The second-order valence-electron chi connectivity index (χ2n) is 3.22. The van der Waals surface area contributed by atoms with Gasteiger partial charge in [0.05, 0.1) is 5.69 Å². The highest BCUT2D eigenvalue weighted by atomic mass is 35.5. The van der Waals surface area contributed by atoms with Gasteiger partial charge in [-0.25, -0.2) is 9.18 Å². The number of rotatable bonds is 2. The predicted octanol–water partition coefficient (Wildman–Crippen LogP) is 2.63. The van der Waals surface area contributed by atoms with E-state index in [1.54, 1.807) is 6.07 Å². The van der Waals surface area contributed by atoms with Crippen molar-refractivity contribution in [1.82, 2.24) is 10.2 Å². The summed E-state index contributed by atoms with van der Waals surface area (Å²) in [4.78, 5) is 10.8. The van der Waals surface area contributed by atoms with Gasteiger partial charge in [-0.05, 0) is 18.2 Å².